The molecule has 2 aliphatic rings. The van der Waals surface area contributed by atoms with Crippen molar-refractivity contribution in [3.8, 4) is 0 Å². The summed E-state index contributed by atoms with van der Waals surface area (Å²) in [5, 5.41) is 2.86. The summed E-state index contributed by atoms with van der Waals surface area (Å²) < 4.78 is 0. The van der Waals surface area contributed by atoms with Gasteiger partial charge in [0.2, 0.25) is 5.91 Å². The molecule has 0 saturated carbocycles. The fourth-order valence-electron chi connectivity index (χ4n) is 3.70. The number of carbonyl (C=O) groups is 2. The Kier molecular flexibility index (Phi) is 6.11. The van der Waals surface area contributed by atoms with Crippen molar-refractivity contribution in [3.05, 3.63) is 29.8 Å². The lowest BCUT2D eigenvalue weighted by molar-refractivity contribution is 0.1000. The SMILES string of the molecule is CN1CCC(CN2CCN(C(=O)Nc3cccc(C(N)=O)c3)CC2)CC1. The van der Waals surface area contributed by atoms with Crippen molar-refractivity contribution in [1.29, 1.82) is 0 Å². The second-order valence-electron chi connectivity index (χ2n) is 7.41. The molecule has 2 fully saturated rings. The van der Waals surface area contributed by atoms with Crippen molar-refractivity contribution in [1.82, 2.24) is 14.7 Å². The minimum atomic E-state index is -0.497. The van der Waals surface area contributed by atoms with Crippen LogP contribution in [0, 0.1) is 5.92 Å². The summed E-state index contributed by atoms with van der Waals surface area (Å²) in [6, 6.07) is 6.61. The first-order chi connectivity index (χ1) is 12.5. The van der Waals surface area contributed by atoms with Gasteiger partial charge in [0.1, 0.15) is 0 Å². The fraction of sp³-hybridized carbons (Fsp3) is 0.579. The Balaban J connectivity index is 1.45. The molecular formula is C19H29N5O2. The third-order valence-corrected chi connectivity index (χ3v) is 5.41. The van der Waals surface area contributed by atoms with Crippen LogP contribution in [-0.4, -0.2) is 79.5 Å². The summed E-state index contributed by atoms with van der Waals surface area (Å²) in [6.45, 7) is 6.82. The van der Waals surface area contributed by atoms with Gasteiger partial charge in [0.25, 0.3) is 0 Å². The number of likely N-dealkylation sites (tertiary alicyclic amines) is 1. The summed E-state index contributed by atoms with van der Waals surface area (Å²) >= 11 is 0. The lowest BCUT2D eigenvalue weighted by atomic mass is 9.96. The first-order valence-electron chi connectivity index (χ1n) is 9.38. The number of hydrogen-bond acceptors (Lipinski definition) is 4. The third-order valence-electron chi connectivity index (χ3n) is 5.41. The van der Waals surface area contributed by atoms with Gasteiger partial charge in [-0.1, -0.05) is 6.07 Å². The second-order valence-corrected chi connectivity index (χ2v) is 7.41. The van der Waals surface area contributed by atoms with Crippen molar-refractivity contribution in [3.63, 3.8) is 0 Å². The normalized spacial score (nSPS) is 20.1. The summed E-state index contributed by atoms with van der Waals surface area (Å²) in [6.07, 6.45) is 2.54. The standard InChI is InChI=1S/C19H29N5O2/c1-22-7-5-15(6-8-22)14-23-9-11-24(12-10-23)19(26)21-17-4-2-3-16(13-17)18(20)25/h2-4,13,15H,5-12,14H2,1H3,(H2,20,25)(H,21,26). The zero-order valence-electron chi connectivity index (χ0n) is 15.5. The molecule has 0 aliphatic carbocycles. The number of nitrogens with one attached hydrogen (secondary N) is 1. The number of benzene rings is 1. The second kappa shape index (κ2) is 8.51. The average Bonchev–Trinajstić information content (AvgIpc) is 2.64. The van der Waals surface area contributed by atoms with Crippen LogP contribution in [0.5, 0.6) is 0 Å². The molecule has 1 aromatic rings. The van der Waals surface area contributed by atoms with E-state index in [-0.39, 0.29) is 6.03 Å². The molecular weight excluding hydrogens is 330 g/mol. The fourth-order valence-corrected chi connectivity index (χ4v) is 3.70. The lowest BCUT2D eigenvalue weighted by Gasteiger charge is -2.38. The molecule has 0 radical (unpaired) electrons. The molecule has 26 heavy (non-hydrogen) atoms. The molecule has 0 bridgehead atoms. The Labute approximate surface area is 155 Å². The van der Waals surface area contributed by atoms with Crippen LogP contribution < -0.4 is 11.1 Å². The maximum atomic E-state index is 12.5. The number of nitrogens with zero attached hydrogens (tertiary/aromatic N) is 3. The van der Waals surface area contributed by atoms with Gasteiger partial charge in [0, 0.05) is 44.0 Å². The minimum absolute atomic E-state index is 0.120. The topological polar surface area (TPSA) is 81.9 Å². The molecule has 2 saturated heterocycles. The van der Waals surface area contributed by atoms with Crippen molar-refractivity contribution in [2.75, 3.05) is 58.2 Å². The number of rotatable bonds is 4. The smallest absolute Gasteiger partial charge is 0.321 e. The van der Waals surface area contributed by atoms with E-state index in [1.165, 1.54) is 25.9 Å². The monoisotopic (exact) mass is 359 g/mol. The van der Waals surface area contributed by atoms with E-state index in [1.54, 1.807) is 24.3 Å². The number of piperazine rings is 1. The Morgan fingerprint density at radius 1 is 1.12 bits per heavy atom. The highest BCUT2D eigenvalue weighted by atomic mass is 16.2. The molecule has 7 nitrogen and oxygen atoms in total. The molecule has 2 heterocycles. The summed E-state index contributed by atoms with van der Waals surface area (Å²) in [7, 11) is 2.19. The number of piperidine rings is 1. The van der Waals surface area contributed by atoms with Crippen LogP contribution in [0.3, 0.4) is 0 Å². The number of hydrogen-bond donors (Lipinski definition) is 2. The van der Waals surface area contributed by atoms with Gasteiger partial charge >= 0.3 is 6.03 Å². The Morgan fingerprint density at radius 3 is 2.46 bits per heavy atom. The van der Waals surface area contributed by atoms with Crippen molar-refractivity contribution in [2.24, 2.45) is 11.7 Å². The summed E-state index contributed by atoms with van der Waals surface area (Å²) in [4.78, 5) is 30.4. The maximum Gasteiger partial charge on any atom is 0.321 e. The van der Waals surface area contributed by atoms with Crippen LogP contribution >= 0.6 is 0 Å². The lowest BCUT2D eigenvalue weighted by Crippen LogP contribution is -2.51. The molecule has 0 aromatic heterocycles. The van der Waals surface area contributed by atoms with Crippen molar-refractivity contribution in [2.45, 2.75) is 12.8 Å². The van der Waals surface area contributed by atoms with Gasteiger partial charge in [-0.25, -0.2) is 4.79 Å². The van der Waals surface area contributed by atoms with E-state index < -0.39 is 5.91 Å². The zero-order chi connectivity index (χ0) is 18.5. The third kappa shape index (κ3) is 4.95. The molecule has 0 atom stereocenters. The van der Waals surface area contributed by atoms with Crippen LogP contribution in [0.25, 0.3) is 0 Å². The van der Waals surface area contributed by atoms with Crippen LogP contribution in [-0.2, 0) is 0 Å². The van der Waals surface area contributed by atoms with Gasteiger partial charge < -0.3 is 20.9 Å². The number of nitrogens with two attached hydrogens (primary N) is 1. The number of amides is 3. The average molecular weight is 359 g/mol. The number of anilines is 1. The van der Waals surface area contributed by atoms with Crippen LogP contribution in [0.4, 0.5) is 10.5 Å². The Hall–Kier alpha value is -2.12. The van der Waals surface area contributed by atoms with Crippen LogP contribution in [0.15, 0.2) is 24.3 Å². The van der Waals surface area contributed by atoms with Gasteiger partial charge in [-0.2, -0.15) is 0 Å². The molecule has 2 aliphatic heterocycles. The Morgan fingerprint density at radius 2 is 1.81 bits per heavy atom. The quantitative estimate of drug-likeness (QED) is 0.848. The van der Waals surface area contributed by atoms with Gasteiger partial charge in [0.05, 0.1) is 0 Å². The molecule has 0 spiro atoms. The Bertz CT molecular complexity index is 635. The largest absolute Gasteiger partial charge is 0.366 e. The van der Waals surface area contributed by atoms with Crippen molar-refractivity contribution < 1.29 is 9.59 Å². The predicted octanol–water partition coefficient (Wildman–Crippen LogP) is 1.28. The maximum absolute atomic E-state index is 12.5. The summed E-state index contributed by atoms with van der Waals surface area (Å²) in [5.74, 6) is 0.284. The minimum Gasteiger partial charge on any atom is -0.366 e. The summed E-state index contributed by atoms with van der Waals surface area (Å²) in [5.41, 5.74) is 6.28. The van der Waals surface area contributed by atoms with E-state index in [0.29, 0.717) is 11.3 Å². The highest BCUT2D eigenvalue weighted by Crippen LogP contribution is 2.18. The van der Waals surface area contributed by atoms with E-state index in [2.05, 4.69) is 22.2 Å². The molecule has 3 N–H and O–H groups in total. The molecule has 142 valence electrons. The van der Waals surface area contributed by atoms with Gasteiger partial charge in [-0.15, -0.1) is 0 Å². The molecule has 0 unspecified atom stereocenters. The van der Waals surface area contributed by atoms with E-state index in [0.717, 1.165) is 38.6 Å². The molecule has 3 amide bonds. The van der Waals surface area contributed by atoms with Crippen LogP contribution in [0.2, 0.25) is 0 Å². The first kappa shape index (κ1) is 18.7. The van der Waals surface area contributed by atoms with E-state index in [1.807, 2.05) is 4.90 Å². The van der Waals surface area contributed by atoms with Gasteiger partial charge in [-0.05, 0) is 57.1 Å². The number of urea groups is 1. The number of carbonyl (C=O) groups excluding carboxylic acids is 2. The molecule has 7 heteroatoms. The van der Waals surface area contributed by atoms with Gasteiger partial charge in [-0.3, -0.25) is 9.69 Å². The molecule has 1 aromatic carbocycles. The predicted molar refractivity (Wildman–Crippen MR) is 102 cm³/mol. The van der Waals surface area contributed by atoms with Crippen LogP contribution in [0.1, 0.15) is 23.2 Å². The highest BCUT2D eigenvalue weighted by Gasteiger charge is 2.24. The van der Waals surface area contributed by atoms with Gasteiger partial charge in [0.15, 0.2) is 0 Å². The van der Waals surface area contributed by atoms with E-state index >= 15 is 0 Å². The van der Waals surface area contributed by atoms with E-state index in [4.69, 9.17) is 5.73 Å². The van der Waals surface area contributed by atoms with Crippen molar-refractivity contribution >= 4 is 17.6 Å². The zero-order valence-corrected chi connectivity index (χ0v) is 15.5. The highest BCUT2D eigenvalue weighted by molar-refractivity contribution is 5.95. The number of primary amides is 1. The first-order valence-corrected chi connectivity index (χ1v) is 9.38. The van der Waals surface area contributed by atoms with E-state index in [9.17, 15) is 9.59 Å². The molecule has 3 rings (SSSR count).